The van der Waals surface area contributed by atoms with Crippen LogP contribution < -0.4 is 5.32 Å². The molecule has 1 atom stereocenters. The number of fused-ring (bicyclic) bond motifs is 1. The standard InChI is InChI=1S/C15H17NO/c1-2-4-14-9-12(5-6-13(14)3-1)10-16-15-7-8-17-11-15/h1-6,9,15-16H,7-8,10-11H2. The molecule has 0 saturated carbocycles. The van der Waals surface area contributed by atoms with Gasteiger partial charge in [-0.3, -0.25) is 0 Å². The summed E-state index contributed by atoms with van der Waals surface area (Å²) in [5, 5.41) is 6.16. The van der Waals surface area contributed by atoms with Crippen LogP contribution in [0.2, 0.25) is 0 Å². The van der Waals surface area contributed by atoms with Crippen molar-refractivity contribution in [2.24, 2.45) is 0 Å². The Bertz CT molecular complexity index is 503. The highest BCUT2D eigenvalue weighted by atomic mass is 16.5. The fourth-order valence-electron chi connectivity index (χ4n) is 2.31. The molecule has 2 aromatic rings. The van der Waals surface area contributed by atoms with E-state index in [9.17, 15) is 0 Å². The van der Waals surface area contributed by atoms with Crippen LogP contribution in [0.15, 0.2) is 42.5 Å². The average molecular weight is 227 g/mol. The van der Waals surface area contributed by atoms with E-state index in [4.69, 9.17) is 4.74 Å². The first-order valence-corrected chi connectivity index (χ1v) is 6.21. The Hall–Kier alpha value is -1.38. The lowest BCUT2D eigenvalue weighted by molar-refractivity contribution is 0.190. The van der Waals surface area contributed by atoms with Gasteiger partial charge in [-0.15, -0.1) is 0 Å². The summed E-state index contributed by atoms with van der Waals surface area (Å²) in [6, 6.07) is 15.7. The number of nitrogens with one attached hydrogen (secondary N) is 1. The summed E-state index contributed by atoms with van der Waals surface area (Å²) in [6.07, 6.45) is 1.13. The smallest absolute Gasteiger partial charge is 0.0620 e. The van der Waals surface area contributed by atoms with Crippen LogP contribution in [0.5, 0.6) is 0 Å². The molecule has 0 bridgehead atoms. The number of hydrogen-bond acceptors (Lipinski definition) is 2. The summed E-state index contributed by atoms with van der Waals surface area (Å²) in [5.41, 5.74) is 1.34. The van der Waals surface area contributed by atoms with Crippen LogP contribution >= 0.6 is 0 Å². The molecule has 1 aliphatic rings. The van der Waals surface area contributed by atoms with Crippen molar-refractivity contribution >= 4 is 10.8 Å². The SMILES string of the molecule is c1ccc2cc(CNC3CCOC3)ccc2c1. The Morgan fingerprint density at radius 1 is 1.12 bits per heavy atom. The molecule has 0 radical (unpaired) electrons. The van der Waals surface area contributed by atoms with Crippen LogP contribution in [0.4, 0.5) is 0 Å². The van der Waals surface area contributed by atoms with Crippen molar-refractivity contribution in [1.29, 1.82) is 0 Å². The van der Waals surface area contributed by atoms with E-state index >= 15 is 0 Å². The monoisotopic (exact) mass is 227 g/mol. The van der Waals surface area contributed by atoms with E-state index in [1.807, 2.05) is 0 Å². The molecular formula is C15H17NO. The molecule has 1 saturated heterocycles. The average Bonchev–Trinajstić information content (AvgIpc) is 2.89. The first-order chi connectivity index (χ1) is 8.42. The van der Waals surface area contributed by atoms with Gasteiger partial charge >= 0.3 is 0 Å². The molecular weight excluding hydrogens is 210 g/mol. The normalized spacial score (nSPS) is 19.9. The summed E-state index contributed by atoms with van der Waals surface area (Å²) >= 11 is 0. The summed E-state index contributed by atoms with van der Waals surface area (Å²) in [6.45, 7) is 2.68. The highest BCUT2D eigenvalue weighted by Crippen LogP contribution is 2.16. The maximum atomic E-state index is 5.35. The minimum Gasteiger partial charge on any atom is -0.380 e. The summed E-state index contributed by atoms with van der Waals surface area (Å²) < 4.78 is 5.35. The van der Waals surface area contributed by atoms with Crippen LogP contribution in [0.25, 0.3) is 10.8 Å². The quantitative estimate of drug-likeness (QED) is 0.870. The fraction of sp³-hybridized carbons (Fsp3) is 0.333. The topological polar surface area (TPSA) is 21.3 Å². The van der Waals surface area contributed by atoms with Gasteiger partial charge in [0.2, 0.25) is 0 Å². The molecule has 2 aromatic carbocycles. The molecule has 0 amide bonds. The third-order valence-corrected chi connectivity index (χ3v) is 3.34. The second kappa shape index (κ2) is 4.86. The van der Waals surface area contributed by atoms with E-state index < -0.39 is 0 Å². The Labute approximate surface area is 102 Å². The Morgan fingerprint density at radius 2 is 2.00 bits per heavy atom. The molecule has 1 fully saturated rings. The molecule has 1 unspecified atom stereocenters. The largest absolute Gasteiger partial charge is 0.380 e. The molecule has 0 spiro atoms. The van der Waals surface area contributed by atoms with Crippen molar-refractivity contribution in [2.45, 2.75) is 19.0 Å². The number of hydrogen-bond donors (Lipinski definition) is 1. The zero-order valence-corrected chi connectivity index (χ0v) is 9.86. The van der Waals surface area contributed by atoms with Crippen molar-refractivity contribution in [1.82, 2.24) is 5.32 Å². The van der Waals surface area contributed by atoms with Crippen LogP contribution in [0.3, 0.4) is 0 Å². The van der Waals surface area contributed by atoms with Gasteiger partial charge in [-0.25, -0.2) is 0 Å². The Morgan fingerprint density at radius 3 is 2.82 bits per heavy atom. The van der Waals surface area contributed by atoms with Crippen molar-refractivity contribution < 1.29 is 4.74 Å². The number of ether oxygens (including phenoxy) is 1. The van der Waals surface area contributed by atoms with E-state index in [-0.39, 0.29) is 0 Å². The second-order valence-electron chi connectivity index (χ2n) is 4.62. The number of rotatable bonds is 3. The zero-order chi connectivity index (χ0) is 11.5. The number of benzene rings is 2. The highest BCUT2D eigenvalue weighted by Gasteiger charge is 2.14. The maximum Gasteiger partial charge on any atom is 0.0620 e. The van der Waals surface area contributed by atoms with Gasteiger partial charge in [-0.2, -0.15) is 0 Å². The lowest BCUT2D eigenvalue weighted by atomic mass is 10.1. The Balaban J connectivity index is 1.72. The predicted molar refractivity (Wildman–Crippen MR) is 70.0 cm³/mol. The van der Waals surface area contributed by atoms with Crippen molar-refractivity contribution in [3.05, 3.63) is 48.0 Å². The van der Waals surface area contributed by atoms with E-state index in [1.54, 1.807) is 0 Å². The van der Waals surface area contributed by atoms with Crippen LogP contribution in [0, 0.1) is 0 Å². The molecule has 17 heavy (non-hydrogen) atoms. The fourth-order valence-corrected chi connectivity index (χ4v) is 2.31. The van der Waals surface area contributed by atoms with Gasteiger partial charge in [0.1, 0.15) is 0 Å². The van der Waals surface area contributed by atoms with Crippen molar-refractivity contribution in [2.75, 3.05) is 13.2 Å². The van der Waals surface area contributed by atoms with E-state index in [0.717, 1.165) is 26.2 Å². The van der Waals surface area contributed by atoms with Crippen LogP contribution in [-0.2, 0) is 11.3 Å². The van der Waals surface area contributed by atoms with Crippen LogP contribution in [0.1, 0.15) is 12.0 Å². The molecule has 1 heterocycles. The van der Waals surface area contributed by atoms with E-state index in [2.05, 4.69) is 47.8 Å². The van der Waals surface area contributed by atoms with Gasteiger partial charge in [0.15, 0.2) is 0 Å². The van der Waals surface area contributed by atoms with Crippen molar-refractivity contribution in [3.8, 4) is 0 Å². The lowest BCUT2D eigenvalue weighted by Gasteiger charge is -2.10. The summed E-state index contributed by atoms with van der Waals surface area (Å²) in [5.74, 6) is 0. The summed E-state index contributed by atoms with van der Waals surface area (Å²) in [7, 11) is 0. The summed E-state index contributed by atoms with van der Waals surface area (Å²) in [4.78, 5) is 0. The van der Waals surface area contributed by atoms with Gasteiger partial charge in [-0.05, 0) is 28.8 Å². The second-order valence-corrected chi connectivity index (χ2v) is 4.62. The van der Waals surface area contributed by atoms with Gasteiger partial charge in [0, 0.05) is 19.2 Å². The van der Waals surface area contributed by atoms with Gasteiger partial charge in [0.25, 0.3) is 0 Å². The lowest BCUT2D eigenvalue weighted by Crippen LogP contribution is -2.28. The van der Waals surface area contributed by atoms with Gasteiger partial charge < -0.3 is 10.1 Å². The van der Waals surface area contributed by atoms with Gasteiger partial charge in [-0.1, -0.05) is 36.4 Å². The molecule has 2 nitrogen and oxygen atoms in total. The molecule has 1 N–H and O–H groups in total. The van der Waals surface area contributed by atoms with Crippen molar-refractivity contribution in [3.63, 3.8) is 0 Å². The third-order valence-electron chi connectivity index (χ3n) is 3.34. The first kappa shape index (κ1) is 10.8. The van der Waals surface area contributed by atoms with E-state index in [0.29, 0.717) is 6.04 Å². The molecule has 1 aliphatic heterocycles. The van der Waals surface area contributed by atoms with Crippen LogP contribution in [-0.4, -0.2) is 19.3 Å². The molecule has 3 rings (SSSR count). The predicted octanol–water partition coefficient (Wildman–Crippen LogP) is 2.72. The Kier molecular flexibility index (Phi) is 3.08. The molecule has 0 aliphatic carbocycles. The molecule has 88 valence electrons. The minimum absolute atomic E-state index is 0.529. The maximum absolute atomic E-state index is 5.35. The molecule has 2 heteroatoms. The van der Waals surface area contributed by atoms with E-state index in [1.165, 1.54) is 16.3 Å². The molecule has 0 aromatic heterocycles. The first-order valence-electron chi connectivity index (χ1n) is 6.21. The third kappa shape index (κ3) is 2.48. The minimum atomic E-state index is 0.529. The van der Waals surface area contributed by atoms with Gasteiger partial charge in [0.05, 0.1) is 6.61 Å². The zero-order valence-electron chi connectivity index (χ0n) is 9.86. The highest BCUT2D eigenvalue weighted by molar-refractivity contribution is 5.82.